The van der Waals surface area contributed by atoms with Gasteiger partial charge in [0, 0.05) is 10.6 Å². The lowest BCUT2D eigenvalue weighted by Gasteiger charge is -1.92. The topological polar surface area (TPSA) is 38.9 Å². The van der Waals surface area contributed by atoms with Gasteiger partial charge in [-0.15, -0.1) is 0 Å². The third-order valence-electron chi connectivity index (χ3n) is 1.68. The SMILES string of the molecule is Clc1ccc(-c2noc(CBr)n2)cc1. The van der Waals surface area contributed by atoms with Crippen molar-refractivity contribution in [2.24, 2.45) is 0 Å². The zero-order valence-corrected chi connectivity index (χ0v) is 9.42. The Balaban J connectivity index is 2.34. The van der Waals surface area contributed by atoms with Crippen molar-refractivity contribution in [2.75, 3.05) is 0 Å². The molecule has 2 rings (SSSR count). The first-order valence-electron chi connectivity index (χ1n) is 3.94. The van der Waals surface area contributed by atoms with E-state index >= 15 is 0 Å². The van der Waals surface area contributed by atoms with Crippen LogP contribution < -0.4 is 0 Å². The van der Waals surface area contributed by atoms with Gasteiger partial charge in [-0.1, -0.05) is 32.7 Å². The van der Waals surface area contributed by atoms with E-state index in [9.17, 15) is 0 Å². The van der Waals surface area contributed by atoms with Crippen LogP contribution in [-0.4, -0.2) is 10.1 Å². The average molecular weight is 274 g/mol. The number of nitrogens with zero attached hydrogens (tertiary/aromatic N) is 2. The van der Waals surface area contributed by atoms with Gasteiger partial charge in [-0.3, -0.25) is 0 Å². The molecule has 0 unspecified atom stereocenters. The Morgan fingerprint density at radius 3 is 2.57 bits per heavy atom. The first-order chi connectivity index (χ1) is 6.79. The molecular weight excluding hydrogens is 267 g/mol. The van der Waals surface area contributed by atoms with Crippen LogP contribution >= 0.6 is 27.5 Å². The van der Waals surface area contributed by atoms with Crippen molar-refractivity contribution in [1.29, 1.82) is 0 Å². The summed E-state index contributed by atoms with van der Waals surface area (Å²) in [4.78, 5) is 4.16. The molecule has 0 amide bonds. The van der Waals surface area contributed by atoms with Gasteiger partial charge in [0.2, 0.25) is 11.7 Å². The molecular formula is C9H6BrClN2O. The van der Waals surface area contributed by atoms with Crippen LogP contribution in [0.15, 0.2) is 28.8 Å². The number of rotatable bonds is 2. The molecule has 0 aliphatic heterocycles. The number of hydrogen-bond donors (Lipinski definition) is 0. The van der Waals surface area contributed by atoms with E-state index in [4.69, 9.17) is 16.1 Å². The monoisotopic (exact) mass is 272 g/mol. The molecule has 72 valence electrons. The Labute approximate surface area is 94.2 Å². The molecule has 5 heteroatoms. The number of benzene rings is 1. The maximum atomic E-state index is 5.76. The minimum Gasteiger partial charge on any atom is -0.338 e. The van der Waals surface area contributed by atoms with E-state index in [0.29, 0.717) is 22.1 Å². The van der Waals surface area contributed by atoms with Gasteiger partial charge in [0.15, 0.2) is 0 Å². The Bertz CT molecular complexity index is 427. The highest BCUT2D eigenvalue weighted by atomic mass is 79.9. The van der Waals surface area contributed by atoms with Gasteiger partial charge < -0.3 is 4.52 Å². The zero-order chi connectivity index (χ0) is 9.97. The molecule has 0 aliphatic rings. The van der Waals surface area contributed by atoms with E-state index in [-0.39, 0.29) is 0 Å². The number of alkyl halides is 1. The van der Waals surface area contributed by atoms with Crippen molar-refractivity contribution in [1.82, 2.24) is 10.1 Å². The lowest BCUT2D eigenvalue weighted by molar-refractivity contribution is 0.392. The second-order valence-corrected chi connectivity index (χ2v) is 3.65. The summed E-state index contributed by atoms with van der Waals surface area (Å²) in [6, 6.07) is 7.29. The molecule has 2 aromatic rings. The summed E-state index contributed by atoms with van der Waals surface area (Å²) < 4.78 is 4.96. The normalized spacial score (nSPS) is 10.4. The first-order valence-corrected chi connectivity index (χ1v) is 5.44. The maximum Gasteiger partial charge on any atom is 0.237 e. The summed E-state index contributed by atoms with van der Waals surface area (Å²) in [7, 11) is 0. The van der Waals surface area contributed by atoms with Crippen LogP contribution in [0, 0.1) is 0 Å². The summed E-state index contributed by atoms with van der Waals surface area (Å²) in [5.74, 6) is 1.14. The van der Waals surface area contributed by atoms with Crippen LogP contribution in [0.4, 0.5) is 0 Å². The molecule has 0 aliphatic carbocycles. The van der Waals surface area contributed by atoms with Gasteiger partial charge in [0.1, 0.15) is 0 Å². The van der Waals surface area contributed by atoms with Crippen LogP contribution in [0.5, 0.6) is 0 Å². The fourth-order valence-corrected chi connectivity index (χ4v) is 1.38. The molecule has 0 N–H and O–H groups in total. The predicted octanol–water partition coefficient (Wildman–Crippen LogP) is 3.28. The smallest absolute Gasteiger partial charge is 0.237 e. The molecule has 0 atom stereocenters. The van der Waals surface area contributed by atoms with E-state index in [1.807, 2.05) is 12.1 Å². The summed E-state index contributed by atoms with van der Waals surface area (Å²) in [6.45, 7) is 0. The van der Waals surface area contributed by atoms with Crippen LogP contribution in [0.25, 0.3) is 11.4 Å². The van der Waals surface area contributed by atoms with Gasteiger partial charge in [-0.25, -0.2) is 0 Å². The predicted molar refractivity (Wildman–Crippen MR) is 57.4 cm³/mol. The van der Waals surface area contributed by atoms with Crippen LogP contribution in [-0.2, 0) is 5.33 Å². The van der Waals surface area contributed by atoms with Gasteiger partial charge in [0.25, 0.3) is 0 Å². The Hall–Kier alpha value is -0.870. The summed E-state index contributed by atoms with van der Waals surface area (Å²) in [5, 5.41) is 5.08. The van der Waals surface area contributed by atoms with Crippen LogP contribution in [0.3, 0.4) is 0 Å². The van der Waals surface area contributed by atoms with Gasteiger partial charge >= 0.3 is 0 Å². The highest BCUT2D eigenvalue weighted by Gasteiger charge is 2.06. The van der Waals surface area contributed by atoms with Crippen molar-refractivity contribution in [3.05, 3.63) is 35.2 Å². The lowest BCUT2D eigenvalue weighted by atomic mass is 10.2. The van der Waals surface area contributed by atoms with Crippen molar-refractivity contribution >= 4 is 27.5 Å². The van der Waals surface area contributed by atoms with Gasteiger partial charge in [0.05, 0.1) is 5.33 Å². The second kappa shape index (κ2) is 4.11. The lowest BCUT2D eigenvalue weighted by Crippen LogP contribution is -1.80. The van der Waals surface area contributed by atoms with Crippen molar-refractivity contribution in [2.45, 2.75) is 5.33 Å². The van der Waals surface area contributed by atoms with E-state index in [2.05, 4.69) is 26.1 Å². The molecule has 0 bridgehead atoms. The fourth-order valence-electron chi connectivity index (χ4n) is 1.03. The van der Waals surface area contributed by atoms with Crippen LogP contribution in [0.1, 0.15) is 5.89 Å². The van der Waals surface area contributed by atoms with Crippen molar-refractivity contribution in [3.8, 4) is 11.4 Å². The molecule has 3 nitrogen and oxygen atoms in total. The zero-order valence-electron chi connectivity index (χ0n) is 7.08. The number of aromatic nitrogens is 2. The quantitative estimate of drug-likeness (QED) is 0.788. The Morgan fingerprint density at radius 2 is 2.00 bits per heavy atom. The Kier molecular flexibility index (Phi) is 2.84. The largest absolute Gasteiger partial charge is 0.338 e. The van der Waals surface area contributed by atoms with Gasteiger partial charge in [-0.2, -0.15) is 4.98 Å². The fraction of sp³-hybridized carbons (Fsp3) is 0.111. The van der Waals surface area contributed by atoms with Gasteiger partial charge in [-0.05, 0) is 24.3 Å². The number of halogens is 2. The highest BCUT2D eigenvalue weighted by Crippen LogP contribution is 2.18. The highest BCUT2D eigenvalue weighted by molar-refractivity contribution is 9.08. The molecule has 0 radical (unpaired) electrons. The van der Waals surface area contributed by atoms with E-state index in [0.717, 1.165) is 5.56 Å². The maximum absolute atomic E-state index is 5.76. The summed E-state index contributed by atoms with van der Waals surface area (Å²) in [6.07, 6.45) is 0. The van der Waals surface area contributed by atoms with Crippen molar-refractivity contribution < 1.29 is 4.52 Å². The third-order valence-corrected chi connectivity index (χ3v) is 2.42. The molecule has 1 aromatic carbocycles. The second-order valence-electron chi connectivity index (χ2n) is 2.65. The molecule has 0 saturated heterocycles. The number of hydrogen-bond acceptors (Lipinski definition) is 3. The van der Waals surface area contributed by atoms with E-state index < -0.39 is 0 Å². The third kappa shape index (κ3) is 1.96. The van der Waals surface area contributed by atoms with E-state index in [1.54, 1.807) is 12.1 Å². The average Bonchev–Trinajstić information content (AvgIpc) is 2.67. The Morgan fingerprint density at radius 1 is 1.29 bits per heavy atom. The van der Waals surface area contributed by atoms with Crippen molar-refractivity contribution in [3.63, 3.8) is 0 Å². The minimum atomic E-state index is 0.563. The minimum absolute atomic E-state index is 0.563. The van der Waals surface area contributed by atoms with E-state index in [1.165, 1.54) is 0 Å². The molecule has 0 fully saturated rings. The molecule has 0 saturated carbocycles. The summed E-state index contributed by atoms with van der Waals surface area (Å²) in [5.41, 5.74) is 0.894. The molecule has 1 aromatic heterocycles. The summed E-state index contributed by atoms with van der Waals surface area (Å²) >= 11 is 9.00. The molecule has 0 spiro atoms. The molecule has 1 heterocycles. The van der Waals surface area contributed by atoms with Crippen LogP contribution in [0.2, 0.25) is 5.02 Å². The standard InChI is InChI=1S/C9H6BrClN2O/c10-5-8-12-9(13-14-8)6-1-3-7(11)4-2-6/h1-4H,5H2. The molecule has 14 heavy (non-hydrogen) atoms. The first kappa shape index (κ1) is 9.68.